The van der Waals surface area contributed by atoms with E-state index < -0.39 is 0 Å². The molecular formula is C16H21ClO4. The van der Waals surface area contributed by atoms with E-state index in [4.69, 9.17) is 21.1 Å². The van der Waals surface area contributed by atoms with Crippen LogP contribution in [0.1, 0.15) is 40.0 Å². The molecule has 1 unspecified atom stereocenters. The summed E-state index contributed by atoms with van der Waals surface area (Å²) >= 11 is 5.80. The lowest BCUT2D eigenvalue weighted by Crippen LogP contribution is -2.20. The number of rotatable bonds is 7. The molecule has 0 aliphatic carbocycles. The second-order valence-electron chi connectivity index (χ2n) is 5.22. The molecule has 0 aliphatic rings. The second kappa shape index (κ2) is 8.67. The van der Waals surface area contributed by atoms with E-state index in [0.717, 1.165) is 0 Å². The van der Waals surface area contributed by atoms with Gasteiger partial charge >= 0.3 is 11.9 Å². The van der Waals surface area contributed by atoms with Gasteiger partial charge in [0.05, 0.1) is 0 Å². The number of carbonyl (C=O) groups excluding carboxylic acids is 2. The predicted octanol–water partition coefficient (Wildman–Crippen LogP) is 4.00. The van der Waals surface area contributed by atoms with Crippen LogP contribution < -0.4 is 4.74 Å². The largest absolute Gasteiger partial charge is 0.462 e. The molecule has 0 saturated heterocycles. The number of esters is 2. The van der Waals surface area contributed by atoms with E-state index in [1.807, 2.05) is 20.8 Å². The fourth-order valence-corrected chi connectivity index (χ4v) is 1.67. The van der Waals surface area contributed by atoms with Gasteiger partial charge < -0.3 is 9.47 Å². The van der Waals surface area contributed by atoms with E-state index in [-0.39, 0.29) is 36.8 Å². The fraction of sp³-hybridized carbons (Fsp3) is 0.500. The van der Waals surface area contributed by atoms with Gasteiger partial charge in [-0.15, -0.1) is 0 Å². The molecule has 116 valence electrons. The Balaban J connectivity index is 2.26. The molecule has 0 saturated carbocycles. The van der Waals surface area contributed by atoms with E-state index in [1.165, 1.54) is 0 Å². The average Bonchev–Trinajstić information content (AvgIpc) is 2.38. The molecule has 0 radical (unpaired) electrons. The molecule has 0 N–H and O–H groups in total. The minimum absolute atomic E-state index is 0.115. The van der Waals surface area contributed by atoms with Crippen LogP contribution >= 0.6 is 11.6 Å². The zero-order valence-electron chi connectivity index (χ0n) is 12.6. The van der Waals surface area contributed by atoms with Crippen LogP contribution in [0.4, 0.5) is 0 Å². The first kappa shape index (κ1) is 17.5. The molecule has 0 aliphatic heterocycles. The lowest BCUT2D eigenvalue weighted by atomic mass is 10.1. The van der Waals surface area contributed by atoms with Crippen molar-refractivity contribution in [3.8, 4) is 5.75 Å². The predicted molar refractivity (Wildman–Crippen MR) is 81.3 cm³/mol. The van der Waals surface area contributed by atoms with Crippen LogP contribution in [-0.2, 0) is 14.3 Å². The number of halogens is 1. The quantitative estimate of drug-likeness (QED) is 0.564. The summed E-state index contributed by atoms with van der Waals surface area (Å²) in [6, 6.07) is 6.63. The first-order valence-corrected chi connectivity index (χ1v) is 7.42. The summed E-state index contributed by atoms with van der Waals surface area (Å²) in [6.07, 6.45) is 0.665. The van der Waals surface area contributed by atoms with Gasteiger partial charge in [0.2, 0.25) is 0 Å². The van der Waals surface area contributed by atoms with Gasteiger partial charge in [-0.3, -0.25) is 9.59 Å². The molecular weight excluding hydrogens is 292 g/mol. The molecule has 0 aromatic heterocycles. The minimum atomic E-state index is -0.387. The third-order valence-electron chi connectivity index (χ3n) is 3.05. The Morgan fingerprint density at radius 1 is 1.14 bits per heavy atom. The maximum Gasteiger partial charge on any atom is 0.311 e. The van der Waals surface area contributed by atoms with Gasteiger partial charge in [-0.2, -0.15) is 0 Å². The smallest absolute Gasteiger partial charge is 0.311 e. The SMILES string of the molecule is CC(C)C(C)OC(=O)CCCC(=O)Oc1cccc(Cl)c1. The highest BCUT2D eigenvalue weighted by molar-refractivity contribution is 6.30. The van der Waals surface area contributed by atoms with E-state index in [0.29, 0.717) is 17.2 Å². The summed E-state index contributed by atoms with van der Waals surface area (Å²) in [5.74, 6) is 0.0129. The number of ether oxygens (including phenoxy) is 2. The summed E-state index contributed by atoms with van der Waals surface area (Å²) in [5.41, 5.74) is 0. The Morgan fingerprint density at radius 2 is 1.81 bits per heavy atom. The molecule has 0 bridgehead atoms. The van der Waals surface area contributed by atoms with Crippen molar-refractivity contribution < 1.29 is 19.1 Å². The maximum absolute atomic E-state index is 11.6. The molecule has 1 aromatic rings. The Kier molecular flexibility index (Phi) is 7.23. The third-order valence-corrected chi connectivity index (χ3v) is 3.28. The van der Waals surface area contributed by atoms with Gasteiger partial charge in [0.1, 0.15) is 11.9 Å². The van der Waals surface area contributed by atoms with E-state index in [9.17, 15) is 9.59 Å². The van der Waals surface area contributed by atoms with Crippen LogP contribution in [0.5, 0.6) is 5.75 Å². The number of benzene rings is 1. The van der Waals surface area contributed by atoms with Crippen molar-refractivity contribution in [2.45, 2.75) is 46.1 Å². The van der Waals surface area contributed by atoms with Crippen molar-refractivity contribution in [2.75, 3.05) is 0 Å². The lowest BCUT2D eigenvalue weighted by Gasteiger charge is -2.16. The second-order valence-corrected chi connectivity index (χ2v) is 5.66. The summed E-state index contributed by atoms with van der Waals surface area (Å²) in [5, 5.41) is 0.506. The molecule has 5 heteroatoms. The zero-order valence-corrected chi connectivity index (χ0v) is 13.4. The molecule has 4 nitrogen and oxygen atoms in total. The van der Waals surface area contributed by atoms with Gasteiger partial charge in [-0.25, -0.2) is 0 Å². The van der Waals surface area contributed by atoms with Crippen LogP contribution in [-0.4, -0.2) is 18.0 Å². The Hall–Kier alpha value is -1.55. The first-order valence-electron chi connectivity index (χ1n) is 7.04. The van der Waals surface area contributed by atoms with Gasteiger partial charge in [0.15, 0.2) is 0 Å². The fourth-order valence-electron chi connectivity index (χ4n) is 1.49. The molecule has 0 fully saturated rings. The third kappa shape index (κ3) is 7.14. The molecule has 0 spiro atoms. The maximum atomic E-state index is 11.6. The van der Waals surface area contributed by atoms with Gasteiger partial charge in [0, 0.05) is 17.9 Å². The van der Waals surface area contributed by atoms with Crippen LogP contribution in [0.2, 0.25) is 5.02 Å². The monoisotopic (exact) mass is 312 g/mol. The van der Waals surface area contributed by atoms with Crippen LogP contribution in [0.3, 0.4) is 0 Å². The van der Waals surface area contributed by atoms with E-state index in [2.05, 4.69) is 0 Å². The Labute approximate surface area is 130 Å². The minimum Gasteiger partial charge on any atom is -0.462 e. The van der Waals surface area contributed by atoms with Crippen molar-refractivity contribution in [3.05, 3.63) is 29.3 Å². The van der Waals surface area contributed by atoms with Crippen molar-refractivity contribution in [2.24, 2.45) is 5.92 Å². The summed E-state index contributed by atoms with van der Waals surface area (Å²) in [4.78, 5) is 23.2. The normalized spacial score (nSPS) is 12.0. The van der Waals surface area contributed by atoms with E-state index >= 15 is 0 Å². The number of hydrogen-bond acceptors (Lipinski definition) is 4. The lowest BCUT2D eigenvalue weighted by molar-refractivity contribution is -0.150. The van der Waals surface area contributed by atoms with Crippen LogP contribution in [0.25, 0.3) is 0 Å². The highest BCUT2D eigenvalue weighted by Gasteiger charge is 2.13. The topological polar surface area (TPSA) is 52.6 Å². The molecule has 1 atom stereocenters. The van der Waals surface area contributed by atoms with Crippen LogP contribution in [0.15, 0.2) is 24.3 Å². The first-order chi connectivity index (χ1) is 9.88. The van der Waals surface area contributed by atoms with Gasteiger partial charge in [-0.05, 0) is 37.5 Å². The summed E-state index contributed by atoms with van der Waals surface area (Å²) < 4.78 is 10.3. The molecule has 21 heavy (non-hydrogen) atoms. The van der Waals surface area contributed by atoms with Crippen molar-refractivity contribution in [1.29, 1.82) is 0 Å². The molecule has 1 rings (SSSR count). The van der Waals surface area contributed by atoms with Crippen molar-refractivity contribution in [1.82, 2.24) is 0 Å². The van der Waals surface area contributed by atoms with Gasteiger partial charge in [0.25, 0.3) is 0 Å². The van der Waals surface area contributed by atoms with E-state index in [1.54, 1.807) is 24.3 Å². The standard InChI is InChI=1S/C16H21ClO4/c1-11(2)12(3)20-15(18)8-5-9-16(19)21-14-7-4-6-13(17)10-14/h4,6-7,10-12H,5,8-9H2,1-3H3. The van der Waals surface area contributed by atoms with Gasteiger partial charge in [-0.1, -0.05) is 31.5 Å². The highest BCUT2D eigenvalue weighted by Crippen LogP contribution is 2.18. The number of hydrogen-bond donors (Lipinski definition) is 0. The summed E-state index contributed by atoms with van der Waals surface area (Å²) in [7, 11) is 0. The Morgan fingerprint density at radius 3 is 2.43 bits per heavy atom. The van der Waals surface area contributed by atoms with Crippen LogP contribution in [0, 0.1) is 5.92 Å². The average molecular weight is 313 g/mol. The zero-order chi connectivity index (χ0) is 15.8. The van der Waals surface area contributed by atoms with Crippen molar-refractivity contribution >= 4 is 23.5 Å². The highest BCUT2D eigenvalue weighted by atomic mass is 35.5. The molecule has 1 aromatic carbocycles. The molecule has 0 heterocycles. The Bertz CT molecular complexity index is 485. The summed E-state index contributed by atoms with van der Waals surface area (Å²) in [6.45, 7) is 5.83. The molecule has 0 amide bonds. The number of carbonyl (C=O) groups is 2. The van der Waals surface area contributed by atoms with Crippen molar-refractivity contribution in [3.63, 3.8) is 0 Å².